The standard InChI is InChI=1S/C26H20N2S/c1-3-21(20-14-10-13-19(17-20)18-11-6-5-7-12-18)25-23(4-2)28-24-16-9-8-15-22(24)27-26(28)29-25/h3-17H,1H2,2H3/b23-4+,25-21-. The normalized spacial score (nSPS) is 13.2. The molecule has 140 valence electrons. The molecular formula is C26H20N2S. The van der Waals surface area contributed by atoms with E-state index in [0.717, 1.165) is 21.6 Å². The Bertz CT molecular complexity index is 1470. The molecule has 2 nitrogen and oxygen atoms in total. The molecule has 0 aliphatic heterocycles. The number of benzene rings is 3. The smallest absolute Gasteiger partial charge is 0.195 e. The molecule has 0 radical (unpaired) electrons. The minimum Gasteiger partial charge on any atom is -0.283 e. The van der Waals surface area contributed by atoms with Crippen LogP contribution in [0.5, 0.6) is 0 Å². The Hall–Kier alpha value is -3.43. The zero-order valence-corrected chi connectivity index (χ0v) is 17.0. The van der Waals surface area contributed by atoms with E-state index in [-0.39, 0.29) is 0 Å². The Morgan fingerprint density at radius 2 is 1.69 bits per heavy atom. The predicted molar refractivity (Wildman–Crippen MR) is 125 cm³/mol. The lowest BCUT2D eigenvalue weighted by Crippen LogP contribution is -2.26. The van der Waals surface area contributed by atoms with Crippen molar-refractivity contribution in [2.45, 2.75) is 6.92 Å². The van der Waals surface area contributed by atoms with Crippen LogP contribution in [-0.4, -0.2) is 9.38 Å². The first-order valence-corrected chi connectivity index (χ1v) is 10.5. The van der Waals surface area contributed by atoms with Crippen molar-refractivity contribution in [3.05, 3.63) is 107 Å². The van der Waals surface area contributed by atoms with Crippen molar-refractivity contribution in [1.29, 1.82) is 0 Å². The minimum absolute atomic E-state index is 1.01. The van der Waals surface area contributed by atoms with Gasteiger partial charge in [-0.15, -0.1) is 0 Å². The molecule has 5 rings (SSSR count). The summed E-state index contributed by atoms with van der Waals surface area (Å²) in [7, 11) is 0. The fourth-order valence-corrected chi connectivity index (χ4v) is 5.08. The lowest BCUT2D eigenvalue weighted by molar-refractivity contribution is 1.19. The van der Waals surface area contributed by atoms with Crippen LogP contribution in [0.15, 0.2) is 91.5 Å². The van der Waals surface area contributed by atoms with Crippen LogP contribution in [-0.2, 0) is 0 Å². The highest BCUT2D eigenvalue weighted by molar-refractivity contribution is 7.15. The molecule has 0 unspecified atom stereocenters. The summed E-state index contributed by atoms with van der Waals surface area (Å²) in [5, 5.41) is 1.17. The van der Waals surface area contributed by atoms with Crippen LogP contribution in [0.1, 0.15) is 12.5 Å². The number of para-hydroxylation sites is 2. The largest absolute Gasteiger partial charge is 0.283 e. The predicted octanol–water partition coefficient (Wildman–Crippen LogP) is 5.40. The number of hydrogen-bond acceptors (Lipinski definition) is 2. The molecule has 3 aromatic carbocycles. The monoisotopic (exact) mass is 392 g/mol. The minimum atomic E-state index is 1.01. The number of rotatable bonds is 3. The second kappa shape index (κ2) is 7.19. The summed E-state index contributed by atoms with van der Waals surface area (Å²) in [5.74, 6) is 0. The second-order valence-corrected chi connectivity index (χ2v) is 7.87. The van der Waals surface area contributed by atoms with Crippen LogP contribution in [0, 0.1) is 0 Å². The van der Waals surface area contributed by atoms with Gasteiger partial charge in [0.1, 0.15) is 0 Å². The fraction of sp³-hybridized carbons (Fsp3) is 0.0385. The molecule has 29 heavy (non-hydrogen) atoms. The van der Waals surface area contributed by atoms with Gasteiger partial charge in [-0.1, -0.05) is 90.7 Å². The van der Waals surface area contributed by atoms with Crippen LogP contribution in [0.4, 0.5) is 0 Å². The summed E-state index contributed by atoms with van der Waals surface area (Å²) in [5.41, 5.74) is 6.89. The summed E-state index contributed by atoms with van der Waals surface area (Å²) < 4.78 is 3.45. The van der Waals surface area contributed by atoms with Gasteiger partial charge in [0.05, 0.1) is 20.9 Å². The molecule has 0 aliphatic carbocycles. The zero-order valence-electron chi connectivity index (χ0n) is 16.2. The van der Waals surface area contributed by atoms with Crippen molar-refractivity contribution in [3.63, 3.8) is 0 Å². The number of aromatic nitrogens is 2. The van der Waals surface area contributed by atoms with E-state index < -0.39 is 0 Å². The third-order valence-corrected chi connectivity index (χ3v) is 6.29. The van der Waals surface area contributed by atoms with E-state index >= 15 is 0 Å². The first-order valence-electron chi connectivity index (χ1n) is 9.65. The van der Waals surface area contributed by atoms with Crippen LogP contribution in [0.3, 0.4) is 0 Å². The molecule has 0 saturated carbocycles. The molecule has 2 aromatic heterocycles. The number of hydrogen-bond donors (Lipinski definition) is 0. The number of imidazole rings is 1. The SMILES string of the molecule is C=C/C(c1cccc(-c2ccccc2)c1)=c1/sc2nc3ccccc3n2/c1=C/C. The van der Waals surface area contributed by atoms with Crippen molar-refractivity contribution in [1.82, 2.24) is 9.38 Å². The molecule has 0 atom stereocenters. The summed E-state index contributed by atoms with van der Waals surface area (Å²) in [4.78, 5) is 5.84. The van der Waals surface area contributed by atoms with Crippen LogP contribution < -0.4 is 9.88 Å². The Balaban J connectivity index is 1.81. The van der Waals surface area contributed by atoms with Gasteiger partial charge in [-0.3, -0.25) is 4.40 Å². The van der Waals surface area contributed by atoms with E-state index in [1.165, 1.54) is 26.6 Å². The first-order chi connectivity index (χ1) is 14.3. The molecule has 5 aromatic rings. The average Bonchev–Trinajstić information content (AvgIpc) is 3.31. The maximum atomic E-state index is 4.83. The molecule has 3 heteroatoms. The van der Waals surface area contributed by atoms with Gasteiger partial charge in [-0.05, 0) is 41.8 Å². The topological polar surface area (TPSA) is 17.3 Å². The summed E-state index contributed by atoms with van der Waals surface area (Å²) in [6.45, 7) is 6.22. The van der Waals surface area contributed by atoms with Crippen molar-refractivity contribution >= 4 is 39.0 Å². The van der Waals surface area contributed by atoms with Crippen molar-refractivity contribution in [2.24, 2.45) is 0 Å². The molecule has 2 heterocycles. The second-order valence-electron chi connectivity index (χ2n) is 6.89. The first kappa shape index (κ1) is 17.7. The highest BCUT2D eigenvalue weighted by Gasteiger charge is 2.11. The lowest BCUT2D eigenvalue weighted by atomic mass is 9.99. The molecular weight excluding hydrogens is 372 g/mol. The Labute approximate surface area is 173 Å². The third kappa shape index (κ3) is 2.91. The average molecular weight is 393 g/mol. The van der Waals surface area contributed by atoms with Crippen molar-refractivity contribution < 1.29 is 0 Å². The molecule has 0 amide bonds. The summed E-state index contributed by atoms with van der Waals surface area (Å²) in [6.07, 6.45) is 4.13. The molecule has 0 spiro atoms. The van der Waals surface area contributed by atoms with E-state index in [1.54, 1.807) is 11.3 Å². The van der Waals surface area contributed by atoms with Crippen molar-refractivity contribution in [2.75, 3.05) is 0 Å². The van der Waals surface area contributed by atoms with E-state index in [0.29, 0.717) is 0 Å². The van der Waals surface area contributed by atoms with Crippen molar-refractivity contribution in [3.8, 4) is 11.1 Å². The maximum Gasteiger partial charge on any atom is 0.195 e. The van der Waals surface area contributed by atoms with Gasteiger partial charge in [0.15, 0.2) is 4.96 Å². The number of fused-ring (bicyclic) bond motifs is 3. The van der Waals surface area contributed by atoms with E-state index in [2.05, 4.69) is 90.7 Å². The number of allylic oxidation sites excluding steroid dienone is 1. The summed E-state index contributed by atoms with van der Waals surface area (Å²) in [6, 6.07) is 27.4. The van der Waals surface area contributed by atoms with Gasteiger partial charge >= 0.3 is 0 Å². The Morgan fingerprint density at radius 1 is 0.931 bits per heavy atom. The number of thiazole rings is 1. The lowest BCUT2D eigenvalue weighted by Gasteiger charge is -2.06. The van der Waals surface area contributed by atoms with Gasteiger partial charge in [0, 0.05) is 5.57 Å². The summed E-state index contributed by atoms with van der Waals surface area (Å²) >= 11 is 1.72. The van der Waals surface area contributed by atoms with Crippen LogP contribution >= 0.6 is 11.3 Å². The van der Waals surface area contributed by atoms with E-state index in [9.17, 15) is 0 Å². The zero-order chi connectivity index (χ0) is 19.8. The third-order valence-electron chi connectivity index (χ3n) is 5.20. The fourth-order valence-electron chi connectivity index (χ4n) is 3.84. The Kier molecular flexibility index (Phi) is 4.38. The molecule has 0 saturated heterocycles. The quantitative estimate of drug-likeness (QED) is 0.402. The van der Waals surface area contributed by atoms with Gasteiger partial charge in [0.2, 0.25) is 0 Å². The van der Waals surface area contributed by atoms with Crippen LogP contribution in [0.2, 0.25) is 0 Å². The van der Waals surface area contributed by atoms with Crippen LogP contribution in [0.25, 0.3) is 38.8 Å². The molecule has 0 bridgehead atoms. The molecule has 0 fully saturated rings. The van der Waals surface area contributed by atoms with Gasteiger partial charge in [-0.2, -0.15) is 0 Å². The molecule has 0 aliphatic rings. The van der Waals surface area contributed by atoms with E-state index in [4.69, 9.17) is 4.98 Å². The van der Waals surface area contributed by atoms with Gasteiger partial charge in [0.25, 0.3) is 0 Å². The van der Waals surface area contributed by atoms with Gasteiger partial charge in [-0.25, -0.2) is 4.98 Å². The van der Waals surface area contributed by atoms with E-state index in [1.807, 2.05) is 18.2 Å². The van der Waals surface area contributed by atoms with Gasteiger partial charge < -0.3 is 0 Å². The Morgan fingerprint density at radius 3 is 2.48 bits per heavy atom. The number of nitrogens with zero attached hydrogens (tertiary/aromatic N) is 2. The maximum absolute atomic E-state index is 4.83. The highest BCUT2D eigenvalue weighted by atomic mass is 32.1. The highest BCUT2D eigenvalue weighted by Crippen LogP contribution is 2.24. The molecule has 0 N–H and O–H groups in total.